The van der Waals surface area contributed by atoms with Crippen LogP contribution >= 0.6 is 24.8 Å². The topological polar surface area (TPSA) is 78.7 Å². The van der Waals surface area contributed by atoms with E-state index in [1.165, 1.54) is 0 Å². The van der Waals surface area contributed by atoms with E-state index in [4.69, 9.17) is 5.73 Å². The van der Waals surface area contributed by atoms with Crippen LogP contribution in [0.25, 0.3) is 0 Å². The average Bonchev–Trinajstić information content (AvgIpc) is 2.56. The molecule has 1 aliphatic heterocycles. The minimum atomic E-state index is -0.247. The Morgan fingerprint density at radius 2 is 1.62 bits per heavy atom. The number of hydrogen-bond donors (Lipinski definition) is 2. The predicted molar refractivity (Wildman–Crippen MR) is 110 cm³/mol. The van der Waals surface area contributed by atoms with Gasteiger partial charge < -0.3 is 20.9 Å². The maximum atomic E-state index is 12.3. The maximum absolute atomic E-state index is 12.3. The first-order valence-electron chi connectivity index (χ1n) is 8.48. The molecule has 2 rings (SSSR count). The maximum Gasteiger partial charge on any atom is 0.228 e. The number of carbonyl (C=O) groups excluding carboxylic acids is 2. The molecule has 0 aliphatic carbocycles. The molecule has 0 bridgehead atoms. The van der Waals surface area contributed by atoms with Gasteiger partial charge in [-0.3, -0.25) is 9.59 Å². The van der Waals surface area contributed by atoms with Gasteiger partial charge in [-0.25, -0.2) is 0 Å². The molecule has 0 radical (unpaired) electrons. The second kappa shape index (κ2) is 11.4. The zero-order chi connectivity index (χ0) is 17.7. The standard InChI is InChI=1S/C18H28N4O2.2ClH/c1-13(14(2)19)18(24)20-16-6-4-15(5-7-16)12-17(23)22-10-8-21(3)9-11-22;;/h4-7,13-14H,8-12,19H2,1-3H3,(H,20,24);2*1H. The van der Waals surface area contributed by atoms with Crippen molar-refractivity contribution in [2.45, 2.75) is 26.3 Å². The summed E-state index contributed by atoms with van der Waals surface area (Å²) in [6.07, 6.45) is 0.397. The molecule has 3 N–H and O–H groups in total. The highest BCUT2D eigenvalue weighted by Crippen LogP contribution is 2.13. The minimum Gasteiger partial charge on any atom is -0.340 e. The van der Waals surface area contributed by atoms with Crippen molar-refractivity contribution < 1.29 is 9.59 Å². The number of amides is 2. The molecule has 148 valence electrons. The number of hydrogen-bond acceptors (Lipinski definition) is 4. The van der Waals surface area contributed by atoms with Crippen LogP contribution in [0.2, 0.25) is 0 Å². The SMILES string of the molecule is CC(N)C(C)C(=O)Nc1ccc(CC(=O)N2CCN(C)CC2)cc1.Cl.Cl. The van der Waals surface area contributed by atoms with Gasteiger partial charge in [-0.2, -0.15) is 0 Å². The summed E-state index contributed by atoms with van der Waals surface area (Å²) in [6, 6.07) is 7.25. The molecule has 1 aromatic rings. The van der Waals surface area contributed by atoms with Crippen LogP contribution in [0.5, 0.6) is 0 Å². The molecule has 1 fully saturated rings. The van der Waals surface area contributed by atoms with Crippen molar-refractivity contribution in [3.8, 4) is 0 Å². The lowest BCUT2D eigenvalue weighted by molar-refractivity contribution is -0.132. The van der Waals surface area contributed by atoms with Gasteiger partial charge in [-0.05, 0) is 31.7 Å². The fourth-order valence-electron chi connectivity index (χ4n) is 2.54. The summed E-state index contributed by atoms with van der Waals surface area (Å²) >= 11 is 0. The molecule has 8 heteroatoms. The fraction of sp³-hybridized carbons (Fsp3) is 0.556. The molecule has 1 saturated heterocycles. The van der Waals surface area contributed by atoms with E-state index in [-0.39, 0.29) is 48.6 Å². The Morgan fingerprint density at radius 1 is 1.08 bits per heavy atom. The normalized spacial score (nSPS) is 16.7. The number of nitrogens with one attached hydrogen (secondary N) is 1. The molecule has 1 heterocycles. The van der Waals surface area contributed by atoms with E-state index in [9.17, 15) is 9.59 Å². The lowest BCUT2D eigenvalue weighted by atomic mass is 10.0. The number of anilines is 1. The molecule has 0 spiro atoms. The second-order valence-corrected chi connectivity index (χ2v) is 6.69. The largest absolute Gasteiger partial charge is 0.340 e. The smallest absolute Gasteiger partial charge is 0.228 e. The summed E-state index contributed by atoms with van der Waals surface area (Å²) in [5, 5.41) is 2.85. The van der Waals surface area contributed by atoms with Gasteiger partial charge in [0.25, 0.3) is 0 Å². The number of carbonyl (C=O) groups is 2. The first kappa shape index (κ1) is 24.7. The zero-order valence-corrected chi connectivity index (χ0v) is 17.2. The van der Waals surface area contributed by atoms with Crippen molar-refractivity contribution in [1.29, 1.82) is 0 Å². The molecule has 1 aliphatic rings. The Hall–Kier alpha value is -1.34. The highest BCUT2D eigenvalue weighted by molar-refractivity contribution is 5.92. The second-order valence-electron chi connectivity index (χ2n) is 6.69. The monoisotopic (exact) mass is 404 g/mol. The van der Waals surface area contributed by atoms with Crippen LogP contribution in [0, 0.1) is 5.92 Å². The first-order valence-corrected chi connectivity index (χ1v) is 8.48. The van der Waals surface area contributed by atoms with Gasteiger partial charge in [-0.15, -0.1) is 24.8 Å². The van der Waals surface area contributed by atoms with Crippen molar-refractivity contribution in [3.05, 3.63) is 29.8 Å². The van der Waals surface area contributed by atoms with Crippen LogP contribution in [-0.4, -0.2) is 60.9 Å². The molecule has 0 aromatic heterocycles. The van der Waals surface area contributed by atoms with Gasteiger partial charge >= 0.3 is 0 Å². The summed E-state index contributed by atoms with van der Waals surface area (Å²) in [6.45, 7) is 7.06. The Balaban J connectivity index is 0.00000312. The third-order valence-electron chi connectivity index (χ3n) is 4.64. The number of benzene rings is 1. The third kappa shape index (κ3) is 7.11. The van der Waals surface area contributed by atoms with Crippen LogP contribution in [0.1, 0.15) is 19.4 Å². The summed E-state index contributed by atoms with van der Waals surface area (Å²) in [5.41, 5.74) is 7.42. The Morgan fingerprint density at radius 3 is 2.12 bits per heavy atom. The van der Waals surface area contributed by atoms with Crippen LogP contribution < -0.4 is 11.1 Å². The Bertz CT molecular complexity index is 573. The third-order valence-corrected chi connectivity index (χ3v) is 4.64. The molecular formula is C18H30Cl2N4O2. The van der Waals surface area contributed by atoms with Gasteiger partial charge in [-0.1, -0.05) is 19.1 Å². The van der Waals surface area contributed by atoms with Crippen LogP contribution in [-0.2, 0) is 16.0 Å². The summed E-state index contributed by atoms with van der Waals surface area (Å²) < 4.78 is 0. The number of rotatable bonds is 5. The highest BCUT2D eigenvalue weighted by Gasteiger charge is 2.19. The summed E-state index contributed by atoms with van der Waals surface area (Å²) in [5.74, 6) is -0.180. The first-order chi connectivity index (χ1) is 11.4. The van der Waals surface area contributed by atoms with E-state index in [0.717, 1.165) is 37.4 Å². The summed E-state index contributed by atoms with van der Waals surface area (Å²) in [4.78, 5) is 28.5. The molecule has 26 heavy (non-hydrogen) atoms. The molecule has 1 aromatic carbocycles. The van der Waals surface area contributed by atoms with Gasteiger partial charge in [0.05, 0.1) is 12.3 Å². The molecule has 6 nitrogen and oxygen atoms in total. The number of nitrogens with zero attached hydrogens (tertiary/aromatic N) is 2. The van der Waals surface area contributed by atoms with E-state index < -0.39 is 0 Å². The van der Waals surface area contributed by atoms with E-state index >= 15 is 0 Å². The molecular weight excluding hydrogens is 375 g/mol. The highest BCUT2D eigenvalue weighted by atomic mass is 35.5. The minimum absolute atomic E-state index is 0. The lowest BCUT2D eigenvalue weighted by Gasteiger charge is -2.32. The van der Waals surface area contributed by atoms with Crippen molar-refractivity contribution in [3.63, 3.8) is 0 Å². The lowest BCUT2D eigenvalue weighted by Crippen LogP contribution is -2.47. The summed E-state index contributed by atoms with van der Waals surface area (Å²) in [7, 11) is 2.07. The van der Waals surface area contributed by atoms with E-state index in [2.05, 4.69) is 17.3 Å². The van der Waals surface area contributed by atoms with Crippen LogP contribution in [0.15, 0.2) is 24.3 Å². The molecule has 0 saturated carbocycles. The number of halogens is 2. The predicted octanol–water partition coefficient (Wildman–Crippen LogP) is 1.77. The van der Waals surface area contributed by atoms with Gasteiger partial charge in [0.1, 0.15) is 0 Å². The number of nitrogens with two attached hydrogens (primary N) is 1. The van der Waals surface area contributed by atoms with Crippen molar-refractivity contribution in [2.24, 2.45) is 11.7 Å². The Labute approximate surface area is 168 Å². The molecule has 2 unspecified atom stereocenters. The zero-order valence-electron chi connectivity index (χ0n) is 15.6. The van der Waals surface area contributed by atoms with E-state index in [1.54, 1.807) is 0 Å². The van der Waals surface area contributed by atoms with Crippen molar-refractivity contribution in [1.82, 2.24) is 9.80 Å². The van der Waals surface area contributed by atoms with Crippen LogP contribution in [0.3, 0.4) is 0 Å². The molecule has 2 amide bonds. The number of likely N-dealkylation sites (N-methyl/N-ethyl adjacent to an activating group) is 1. The van der Waals surface area contributed by atoms with Crippen molar-refractivity contribution >= 4 is 42.3 Å². The van der Waals surface area contributed by atoms with Crippen molar-refractivity contribution in [2.75, 3.05) is 38.5 Å². The quantitative estimate of drug-likeness (QED) is 0.783. The van der Waals surface area contributed by atoms with Gasteiger partial charge in [0.2, 0.25) is 11.8 Å². The fourth-order valence-corrected chi connectivity index (χ4v) is 2.54. The number of piperazine rings is 1. The van der Waals surface area contributed by atoms with Gasteiger partial charge in [0.15, 0.2) is 0 Å². The Kier molecular flexibility index (Phi) is 10.8. The van der Waals surface area contributed by atoms with E-state index in [1.807, 2.05) is 43.0 Å². The molecule has 2 atom stereocenters. The average molecular weight is 405 g/mol. The van der Waals surface area contributed by atoms with E-state index in [0.29, 0.717) is 6.42 Å². The van der Waals surface area contributed by atoms with Crippen LogP contribution in [0.4, 0.5) is 5.69 Å². The van der Waals surface area contributed by atoms with Gasteiger partial charge in [0, 0.05) is 37.9 Å².